The van der Waals surface area contributed by atoms with Crippen molar-refractivity contribution < 1.29 is 9.63 Å². The third-order valence-corrected chi connectivity index (χ3v) is 3.19. The molecule has 1 aromatic carbocycles. The van der Waals surface area contributed by atoms with E-state index in [2.05, 4.69) is 10.1 Å². The van der Waals surface area contributed by atoms with E-state index >= 15 is 0 Å². The number of benzene rings is 1. The maximum Gasteiger partial charge on any atom is 0.266 e. The molecule has 2 aromatic rings. The van der Waals surface area contributed by atoms with Crippen LogP contribution in [0.15, 0.2) is 28.8 Å². The standard InChI is InChI=1S/C14H20N4O2/c1-3-18(4-2)14-16-13(20-17-14)12(15)9-10-5-7-11(19)8-6-10/h5-8,12,19H,3-4,9,15H2,1-2H3/t12-/m1/s1. The van der Waals surface area contributed by atoms with Crippen molar-refractivity contribution in [1.29, 1.82) is 0 Å². The first-order valence-electron chi connectivity index (χ1n) is 6.76. The number of phenols is 1. The molecule has 0 radical (unpaired) electrons. The molecule has 3 N–H and O–H groups in total. The van der Waals surface area contributed by atoms with Gasteiger partial charge in [0.2, 0.25) is 5.89 Å². The molecule has 1 atom stereocenters. The molecule has 6 heteroatoms. The highest BCUT2D eigenvalue weighted by Gasteiger charge is 2.17. The number of anilines is 1. The van der Waals surface area contributed by atoms with Crippen LogP contribution in [0.4, 0.5) is 5.95 Å². The highest BCUT2D eigenvalue weighted by molar-refractivity contribution is 5.29. The first-order chi connectivity index (χ1) is 9.63. The van der Waals surface area contributed by atoms with Crippen LogP contribution in [-0.4, -0.2) is 28.3 Å². The number of aromatic nitrogens is 2. The van der Waals surface area contributed by atoms with E-state index in [9.17, 15) is 5.11 Å². The predicted octanol–water partition coefficient (Wildman–Crippen LogP) is 1.86. The number of hydrogen-bond acceptors (Lipinski definition) is 6. The van der Waals surface area contributed by atoms with Crippen LogP contribution in [0, 0.1) is 0 Å². The maximum atomic E-state index is 9.25. The van der Waals surface area contributed by atoms with Crippen LogP contribution in [0.3, 0.4) is 0 Å². The van der Waals surface area contributed by atoms with Gasteiger partial charge in [0.1, 0.15) is 5.75 Å². The molecule has 2 rings (SSSR count). The average Bonchev–Trinajstić information content (AvgIpc) is 2.92. The number of phenolic OH excluding ortho intramolecular Hbond substituents is 1. The topological polar surface area (TPSA) is 88.4 Å². The lowest BCUT2D eigenvalue weighted by molar-refractivity contribution is 0.353. The van der Waals surface area contributed by atoms with Crippen molar-refractivity contribution in [2.45, 2.75) is 26.3 Å². The van der Waals surface area contributed by atoms with Crippen molar-refractivity contribution >= 4 is 5.95 Å². The van der Waals surface area contributed by atoms with E-state index in [0.717, 1.165) is 18.7 Å². The SMILES string of the molecule is CCN(CC)c1noc([C@H](N)Cc2ccc(O)cc2)n1. The Morgan fingerprint density at radius 1 is 1.25 bits per heavy atom. The van der Waals surface area contributed by atoms with Gasteiger partial charge in [-0.2, -0.15) is 4.98 Å². The first-order valence-corrected chi connectivity index (χ1v) is 6.76. The van der Waals surface area contributed by atoms with Gasteiger partial charge < -0.3 is 20.3 Å². The molecule has 0 aliphatic heterocycles. The molecule has 1 heterocycles. The van der Waals surface area contributed by atoms with E-state index in [-0.39, 0.29) is 11.8 Å². The summed E-state index contributed by atoms with van der Waals surface area (Å²) >= 11 is 0. The van der Waals surface area contributed by atoms with Gasteiger partial charge in [-0.25, -0.2) is 0 Å². The second-order valence-corrected chi connectivity index (χ2v) is 4.58. The Bertz CT molecular complexity index is 534. The normalized spacial score (nSPS) is 12.3. The van der Waals surface area contributed by atoms with Crippen molar-refractivity contribution in [3.8, 4) is 5.75 Å². The van der Waals surface area contributed by atoms with Crippen LogP contribution in [-0.2, 0) is 6.42 Å². The van der Waals surface area contributed by atoms with Crippen molar-refractivity contribution in [1.82, 2.24) is 10.1 Å². The monoisotopic (exact) mass is 276 g/mol. The number of nitrogens with two attached hydrogens (primary N) is 1. The summed E-state index contributed by atoms with van der Waals surface area (Å²) < 4.78 is 5.23. The lowest BCUT2D eigenvalue weighted by Crippen LogP contribution is -2.23. The highest BCUT2D eigenvalue weighted by Crippen LogP contribution is 2.19. The zero-order valence-corrected chi connectivity index (χ0v) is 11.8. The Kier molecular flexibility index (Phi) is 4.57. The summed E-state index contributed by atoms with van der Waals surface area (Å²) in [5.41, 5.74) is 7.10. The molecule has 20 heavy (non-hydrogen) atoms. The Hall–Kier alpha value is -2.08. The molecule has 0 saturated heterocycles. The van der Waals surface area contributed by atoms with Gasteiger partial charge in [-0.3, -0.25) is 0 Å². The molecule has 0 saturated carbocycles. The number of rotatable bonds is 6. The molecule has 0 amide bonds. The molecule has 0 fully saturated rings. The summed E-state index contributed by atoms with van der Waals surface area (Å²) in [5.74, 6) is 1.25. The van der Waals surface area contributed by atoms with Crippen molar-refractivity contribution in [3.05, 3.63) is 35.7 Å². The van der Waals surface area contributed by atoms with Gasteiger partial charge >= 0.3 is 0 Å². The van der Waals surface area contributed by atoms with Crippen LogP contribution in [0.25, 0.3) is 0 Å². The van der Waals surface area contributed by atoms with Crippen LogP contribution in [0.5, 0.6) is 5.75 Å². The third kappa shape index (κ3) is 3.27. The van der Waals surface area contributed by atoms with Crippen molar-refractivity contribution in [2.75, 3.05) is 18.0 Å². The Morgan fingerprint density at radius 3 is 2.50 bits per heavy atom. The maximum absolute atomic E-state index is 9.25. The summed E-state index contributed by atoms with van der Waals surface area (Å²) in [6.07, 6.45) is 0.583. The van der Waals surface area contributed by atoms with Gasteiger partial charge in [0.25, 0.3) is 5.95 Å². The lowest BCUT2D eigenvalue weighted by atomic mass is 10.1. The van der Waals surface area contributed by atoms with Crippen LogP contribution >= 0.6 is 0 Å². The molecule has 0 unspecified atom stereocenters. The highest BCUT2D eigenvalue weighted by atomic mass is 16.5. The minimum Gasteiger partial charge on any atom is -0.508 e. The second kappa shape index (κ2) is 6.38. The average molecular weight is 276 g/mol. The zero-order valence-electron chi connectivity index (χ0n) is 11.8. The molecule has 0 bridgehead atoms. The fourth-order valence-electron chi connectivity index (χ4n) is 1.99. The van der Waals surface area contributed by atoms with E-state index < -0.39 is 0 Å². The summed E-state index contributed by atoms with van der Waals surface area (Å²) in [6, 6.07) is 6.58. The minimum absolute atomic E-state index is 0.240. The molecule has 1 aromatic heterocycles. The van der Waals surface area contributed by atoms with Gasteiger partial charge in [-0.1, -0.05) is 12.1 Å². The molecule has 6 nitrogen and oxygen atoms in total. The Morgan fingerprint density at radius 2 is 1.90 bits per heavy atom. The summed E-state index contributed by atoms with van der Waals surface area (Å²) in [5, 5.41) is 13.2. The molecular weight excluding hydrogens is 256 g/mol. The van der Waals surface area contributed by atoms with Gasteiger partial charge in [-0.15, -0.1) is 0 Å². The quantitative estimate of drug-likeness (QED) is 0.837. The number of aromatic hydroxyl groups is 1. The number of nitrogens with zero attached hydrogens (tertiary/aromatic N) is 3. The third-order valence-electron chi connectivity index (χ3n) is 3.19. The van der Waals surface area contributed by atoms with Gasteiger partial charge in [0.05, 0.1) is 6.04 Å². The Balaban J connectivity index is 2.05. The summed E-state index contributed by atoms with van der Waals surface area (Å²) in [4.78, 5) is 6.34. The summed E-state index contributed by atoms with van der Waals surface area (Å²) in [6.45, 7) is 5.72. The zero-order chi connectivity index (χ0) is 14.5. The molecule has 0 aliphatic rings. The fourth-order valence-corrected chi connectivity index (χ4v) is 1.99. The van der Waals surface area contributed by atoms with Crippen LogP contribution < -0.4 is 10.6 Å². The molecule has 0 aliphatic carbocycles. The van der Waals surface area contributed by atoms with Crippen LogP contribution in [0.2, 0.25) is 0 Å². The second-order valence-electron chi connectivity index (χ2n) is 4.58. The summed E-state index contributed by atoms with van der Waals surface area (Å²) in [7, 11) is 0. The van der Waals surface area contributed by atoms with Gasteiger partial charge in [0.15, 0.2) is 0 Å². The number of hydrogen-bond donors (Lipinski definition) is 2. The lowest BCUT2D eigenvalue weighted by Gasteiger charge is -2.14. The van der Waals surface area contributed by atoms with Crippen LogP contribution in [0.1, 0.15) is 31.3 Å². The van der Waals surface area contributed by atoms with E-state index in [1.54, 1.807) is 12.1 Å². The van der Waals surface area contributed by atoms with E-state index in [0.29, 0.717) is 18.3 Å². The first kappa shape index (κ1) is 14.3. The molecular formula is C14H20N4O2. The molecule has 0 spiro atoms. The smallest absolute Gasteiger partial charge is 0.266 e. The predicted molar refractivity (Wildman–Crippen MR) is 76.6 cm³/mol. The molecule has 108 valence electrons. The van der Waals surface area contributed by atoms with Gasteiger partial charge in [-0.05, 0) is 43.1 Å². The largest absolute Gasteiger partial charge is 0.508 e. The van der Waals surface area contributed by atoms with Gasteiger partial charge in [0, 0.05) is 13.1 Å². The van der Waals surface area contributed by atoms with E-state index in [1.165, 1.54) is 0 Å². The minimum atomic E-state index is -0.351. The van der Waals surface area contributed by atoms with E-state index in [4.69, 9.17) is 10.3 Å². The van der Waals surface area contributed by atoms with Crippen molar-refractivity contribution in [3.63, 3.8) is 0 Å². The van der Waals surface area contributed by atoms with Crippen molar-refractivity contribution in [2.24, 2.45) is 5.73 Å². The fraction of sp³-hybridized carbons (Fsp3) is 0.429. The Labute approximate surface area is 118 Å². The van der Waals surface area contributed by atoms with E-state index in [1.807, 2.05) is 30.9 Å².